The van der Waals surface area contributed by atoms with Gasteiger partial charge in [-0.25, -0.2) is 13.2 Å². The molecule has 0 radical (unpaired) electrons. The van der Waals surface area contributed by atoms with E-state index < -0.39 is 87.5 Å². The molecule has 1 aliphatic carbocycles. The molecule has 2 heterocycles. The lowest BCUT2D eigenvalue weighted by atomic mass is 9.91. The van der Waals surface area contributed by atoms with Gasteiger partial charge in [0.25, 0.3) is 0 Å². The second-order valence-corrected chi connectivity index (χ2v) is 12.6. The molecule has 2 fully saturated rings. The van der Waals surface area contributed by atoms with Crippen LogP contribution in [0.15, 0.2) is 47.6 Å². The lowest BCUT2D eigenvalue weighted by Crippen LogP contribution is -2.52. The van der Waals surface area contributed by atoms with Gasteiger partial charge in [-0.05, 0) is 43.5 Å². The summed E-state index contributed by atoms with van der Waals surface area (Å²) in [5, 5.41) is 5.43. The molecule has 1 aromatic heterocycles. The summed E-state index contributed by atoms with van der Waals surface area (Å²) in [5.74, 6) is -6.64. The number of halogens is 8. The highest BCUT2D eigenvalue weighted by Crippen LogP contribution is 3.02. The van der Waals surface area contributed by atoms with Crippen molar-refractivity contribution in [2.24, 2.45) is 0 Å². The molecule has 1 saturated carbocycles. The van der Waals surface area contributed by atoms with Gasteiger partial charge in [-0.15, -0.1) is 0 Å². The van der Waals surface area contributed by atoms with Gasteiger partial charge in [-0.3, -0.25) is 19.5 Å². The number of alkyl halides is 2. The molecule has 1 aliphatic heterocycles. The third-order valence-electron chi connectivity index (χ3n) is 7.15. The van der Waals surface area contributed by atoms with Crippen LogP contribution in [0.4, 0.5) is 38.3 Å². The average molecular weight is 617 g/mol. The zero-order chi connectivity index (χ0) is 30.3. The zero-order valence-electron chi connectivity index (χ0n) is 21.6. The lowest BCUT2D eigenvalue weighted by molar-refractivity contribution is -0.128. The van der Waals surface area contributed by atoms with Crippen molar-refractivity contribution in [2.75, 3.05) is 18.6 Å². The Morgan fingerprint density at radius 3 is 2.37 bits per heavy atom. The van der Waals surface area contributed by atoms with E-state index in [0.29, 0.717) is 11.0 Å². The fourth-order valence-corrected chi connectivity index (χ4v) is 5.62. The van der Waals surface area contributed by atoms with Crippen molar-refractivity contribution >= 4 is 27.7 Å². The largest absolute Gasteiger partial charge is 0.380 e. The number of nitrogens with one attached hydrogen (secondary N) is 2. The van der Waals surface area contributed by atoms with Gasteiger partial charge in [-0.1, -0.05) is 25.5 Å². The molecule has 3 atom stereocenters. The van der Waals surface area contributed by atoms with Crippen molar-refractivity contribution in [1.82, 2.24) is 15.6 Å². The number of nitrogens with zero attached hydrogens (tertiary/aromatic N) is 2. The van der Waals surface area contributed by atoms with Crippen LogP contribution in [0, 0.1) is 5.82 Å². The summed E-state index contributed by atoms with van der Waals surface area (Å²) in [5.41, 5.74) is -0.862. The summed E-state index contributed by atoms with van der Waals surface area (Å²) in [7, 11) is -8.91. The van der Waals surface area contributed by atoms with Crippen molar-refractivity contribution in [3.05, 3.63) is 54.1 Å². The first-order valence-corrected chi connectivity index (χ1v) is 14.5. The Hall–Kier alpha value is -2.98. The lowest BCUT2D eigenvalue weighted by Gasteiger charge is -2.41. The maximum Gasteiger partial charge on any atom is 0.310 e. The molecule has 4 rings (SSSR count). The summed E-state index contributed by atoms with van der Waals surface area (Å²) in [6.45, 7) is 0.187. The van der Waals surface area contributed by atoms with Gasteiger partial charge in [0.15, 0.2) is 0 Å². The highest BCUT2D eigenvalue weighted by Gasteiger charge is 2.65. The third kappa shape index (κ3) is 7.27. The van der Waals surface area contributed by atoms with E-state index in [4.69, 9.17) is 4.74 Å². The minimum absolute atomic E-state index is 0.0111. The van der Waals surface area contributed by atoms with Gasteiger partial charge >= 0.3 is 10.2 Å². The van der Waals surface area contributed by atoms with Crippen molar-refractivity contribution in [1.29, 1.82) is 0 Å². The van der Waals surface area contributed by atoms with E-state index in [1.807, 2.05) is 0 Å². The first kappa shape index (κ1) is 31.0. The number of carbonyl (C=O) groups is 2. The molecule has 0 bridgehead atoms. The molecule has 1 aromatic carbocycles. The summed E-state index contributed by atoms with van der Waals surface area (Å²) in [4.78, 5) is 29.5. The second-order valence-electron chi connectivity index (χ2n) is 10.2. The van der Waals surface area contributed by atoms with E-state index in [9.17, 15) is 37.8 Å². The summed E-state index contributed by atoms with van der Waals surface area (Å²) < 4.78 is 115. The molecule has 41 heavy (non-hydrogen) atoms. The average Bonchev–Trinajstić information content (AvgIpc) is 3.37. The quantitative estimate of drug-likeness (QED) is 0.355. The SMILES string of the molecule is COC1CNC(C(=O)N(c2ccc(S(F)(F)(F)(F)F)cc2F)C(C(=O)NC2CCC(F)(F)CC2)c2cccnc2)C1. The molecule has 3 unspecified atom stereocenters. The Balaban J connectivity index is 1.80. The Bertz CT molecular complexity index is 1290. The fraction of sp³-hybridized carbons (Fsp3) is 0.480. The van der Waals surface area contributed by atoms with E-state index in [2.05, 4.69) is 15.6 Å². The molecule has 2 N–H and O–H groups in total. The number of aromatic nitrogens is 1. The predicted octanol–water partition coefficient (Wildman–Crippen LogP) is 6.02. The number of ether oxygens (including phenoxy) is 1. The van der Waals surface area contributed by atoms with E-state index in [1.54, 1.807) is 0 Å². The van der Waals surface area contributed by atoms with Crippen LogP contribution in [0.3, 0.4) is 0 Å². The number of hydrogen-bond donors (Lipinski definition) is 2. The molecule has 16 heteroatoms. The molecular weight excluding hydrogens is 588 g/mol. The fourth-order valence-electron chi connectivity index (χ4n) is 4.97. The topological polar surface area (TPSA) is 83.6 Å². The van der Waals surface area contributed by atoms with E-state index in [-0.39, 0.29) is 37.4 Å². The summed E-state index contributed by atoms with van der Waals surface area (Å²) in [6.07, 6.45) is 0.884. The van der Waals surface area contributed by atoms with Crippen LogP contribution in [0.1, 0.15) is 43.7 Å². The van der Waals surface area contributed by atoms with Crippen molar-refractivity contribution in [3.63, 3.8) is 0 Å². The van der Waals surface area contributed by atoms with Gasteiger partial charge < -0.3 is 15.4 Å². The van der Waals surface area contributed by atoms with Crippen LogP contribution >= 0.6 is 10.2 Å². The molecule has 2 amide bonds. The monoisotopic (exact) mass is 616 g/mol. The maximum absolute atomic E-state index is 15.4. The van der Waals surface area contributed by atoms with Crippen LogP contribution in [0.2, 0.25) is 0 Å². The number of rotatable bonds is 8. The summed E-state index contributed by atoms with van der Waals surface area (Å²) in [6, 6.07) is -0.935. The highest BCUT2D eigenvalue weighted by atomic mass is 32.5. The standard InChI is InChI=1S/C25H28F8N4O3S/c1-40-17-11-20(35-14-17)24(39)37(21-5-4-18(12-19(21)26)41(29,30,31,32)33)22(15-3-2-10-34-13-15)23(38)36-16-6-8-25(27,28)9-7-16/h2-5,10,12-13,16-17,20,22,35H,6-9,11,14H2,1H3,(H,36,38). The second kappa shape index (κ2) is 10.4. The van der Waals surface area contributed by atoms with Crippen molar-refractivity contribution < 1.29 is 46.9 Å². The molecule has 7 nitrogen and oxygen atoms in total. The van der Waals surface area contributed by atoms with Crippen LogP contribution in [-0.4, -0.2) is 54.6 Å². The molecule has 0 spiro atoms. The minimum Gasteiger partial charge on any atom is -0.380 e. The Morgan fingerprint density at radius 1 is 1.15 bits per heavy atom. The molecule has 228 valence electrons. The first-order valence-electron chi connectivity index (χ1n) is 12.6. The normalized spacial score (nSPS) is 23.7. The number of methoxy groups -OCH3 is 1. The maximum atomic E-state index is 15.4. The van der Waals surface area contributed by atoms with Gasteiger partial charge in [0.2, 0.25) is 17.7 Å². The smallest absolute Gasteiger partial charge is 0.310 e. The number of carbonyl (C=O) groups excluding carboxylic acids is 2. The first-order chi connectivity index (χ1) is 18.9. The molecule has 2 aromatic rings. The van der Waals surface area contributed by atoms with Gasteiger partial charge in [-0.2, -0.15) is 0 Å². The third-order valence-corrected chi connectivity index (χ3v) is 8.30. The number of benzene rings is 1. The Morgan fingerprint density at radius 2 is 1.83 bits per heavy atom. The van der Waals surface area contributed by atoms with Gasteiger partial charge in [0.1, 0.15) is 16.8 Å². The number of hydrogen-bond acceptors (Lipinski definition) is 5. The number of anilines is 1. The predicted molar refractivity (Wildman–Crippen MR) is 135 cm³/mol. The van der Waals surface area contributed by atoms with E-state index in [0.717, 1.165) is 0 Å². The Kier molecular flexibility index (Phi) is 7.84. The van der Waals surface area contributed by atoms with Gasteiger partial charge in [0.05, 0.1) is 17.8 Å². The highest BCUT2D eigenvalue weighted by molar-refractivity contribution is 8.45. The van der Waals surface area contributed by atoms with E-state index in [1.165, 1.54) is 31.6 Å². The molecular formula is C25H28F8N4O3S. The minimum atomic E-state index is -10.3. The van der Waals surface area contributed by atoms with Crippen molar-refractivity contribution in [3.8, 4) is 0 Å². The number of pyridine rings is 1. The Labute approximate surface area is 230 Å². The molecule has 1 saturated heterocycles. The van der Waals surface area contributed by atoms with Crippen LogP contribution in [0.25, 0.3) is 0 Å². The van der Waals surface area contributed by atoms with Crippen LogP contribution in [-0.2, 0) is 14.3 Å². The summed E-state index contributed by atoms with van der Waals surface area (Å²) >= 11 is 0. The van der Waals surface area contributed by atoms with E-state index >= 15 is 4.39 Å². The van der Waals surface area contributed by atoms with Crippen LogP contribution in [0.5, 0.6) is 0 Å². The molecule has 2 aliphatic rings. The number of amides is 2. The van der Waals surface area contributed by atoms with Crippen LogP contribution < -0.4 is 15.5 Å². The van der Waals surface area contributed by atoms with Gasteiger partial charge in [0, 0.05) is 50.5 Å². The van der Waals surface area contributed by atoms with Crippen molar-refractivity contribution in [2.45, 2.75) is 67.2 Å². The zero-order valence-corrected chi connectivity index (χ0v) is 22.5.